The summed E-state index contributed by atoms with van der Waals surface area (Å²) in [6.07, 6.45) is 8.77. The van der Waals surface area contributed by atoms with Crippen LogP contribution in [0.4, 0.5) is 10.6 Å². The Kier molecular flexibility index (Phi) is 5.43. The second-order valence-corrected chi connectivity index (χ2v) is 7.21. The van der Waals surface area contributed by atoms with Crippen LogP contribution in [0.25, 0.3) is 21.9 Å². The molecule has 0 spiro atoms. The number of benzene rings is 1. The molecule has 0 radical (unpaired) electrons. The monoisotopic (exact) mass is 481 g/mol. The lowest BCUT2D eigenvalue weighted by Crippen LogP contribution is -2.29. The van der Waals surface area contributed by atoms with E-state index in [1.807, 2.05) is 42.6 Å². The second-order valence-electron chi connectivity index (χ2n) is 6.13. The average Bonchev–Trinajstić information content (AvgIpc) is 2.75. The Balaban J connectivity index is 1.55. The van der Waals surface area contributed by atoms with Crippen molar-refractivity contribution in [2.45, 2.75) is 6.54 Å². The number of fused-ring (bicyclic) bond motifs is 1. The number of urea groups is 1. The molecule has 6 nitrogen and oxygen atoms in total. The molecular formula is C21H16IN5O. The number of aromatic nitrogens is 3. The fraction of sp³-hybridized carbons (Fsp3) is 0.0476. The molecule has 0 atom stereocenters. The number of rotatable bonds is 4. The van der Waals surface area contributed by atoms with Gasteiger partial charge in [0, 0.05) is 53.9 Å². The molecule has 2 N–H and O–H groups in total. The van der Waals surface area contributed by atoms with Gasteiger partial charge in [-0.25, -0.2) is 9.78 Å². The zero-order valence-corrected chi connectivity index (χ0v) is 16.9. The van der Waals surface area contributed by atoms with Crippen LogP contribution in [-0.4, -0.2) is 21.0 Å². The van der Waals surface area contributed by atoms with Crippen molar-refractivity contribution in [1.29, 1.82) is 0 Å². The minimum Gasteiger partial charge on any atom is -0.334 e. The number of carbonyl (C=O) groups excluding carboxylic acids is 1. The van der Waals surface area contributed by atoms with Crippen molar-refractivity contribution in [3.05, 3.63) is 82.6 Å². The molecule has 7 heteroatoms. The smallest absolute Gasteiger partial charge is 0.320 e. The Bertz CT molecular complexity index is 1120. The number of amides is 2. The normalized spacial score (nSPS) is 10.6. The van der Waals surface area contributed by atoms with Crippen LogP contribution in [0.15, 0.2) is 73.4 Å². The van der Waals surface area contributed by atoms with E-state index in [9.17, 15) is 4.79 Å². The summed E-state index contributed by atoms with van der Waals surface area (Å²) in [5, 5.41) is 7.69. The van der Waals surface area contributed by atoms with E-state index in [-0.39, 0.29) is 6.03 Å². The van der Waals surface area contributed by atoms with Gasteiger partial charge in [0.15, 0.2) is 0 Å². The highest BCUT2D eigenvalue weighted by molar-refractivity contribution is 14.1. The van der Waals surface area contributed by atoms with Crippen molar-refractivity contribution in [2.75, 3.05) is 5.32 Å². The van der Waals surface area contributed by atoms with Crippen LogP contribution in [0, 0.1) is 3.57 Å². The first-order chi connectivity index (χ1) is 13.7. The molecular weight excluding hydrogens is 465 g/mol. The summed E-state index contributed by atoms with van der Waals surface area (Å²) >= 11 is 2.22. The van der Waals surface area contributed by atoms with E-state index < -0.39 is 0 Å². The van der Waals surface area contributed by atoms with E-state index in [0.29, 0.717) is 12.4 Å². The third kappa shape index (κ3) is 4.09. The predicted molar refractivity (Wildman–Crippen MR) is 118 cm³/mol. The molecule has 0 aliphatic heterocycles. The minimum atomic E-state index is -0.308. The fourth-order valence-electron chi connectivity index (χ4n) is 2.81. The maximum Gasteiger partial charge on any atom is 0.320 e. The highest BCUT2D eigenvalue weighted by Gasteiger charge is 2.11. The molecule has 0 saturated heterocycles. The lowest BCUT2D eigenvalue weighted by Gasteiger charge is -2.11. The summed E-state index contributed by atoms with van der Waals surface area (Å²) in [4.78, 5) is 24.9. The van der Waals surface area contributed by atoms with E-state index >= 15 is 0 Å². The van der Waals surface area contributed by atoms with Crippen LogP contribution in [0.1, 0.15) is 5.56 Å². The van der Waals surface area contributed by atoms with Crippen LogP contribution in [0.3, 0.4) is 0 Å². The Morgan fingerprint density at radius 1 is 0.964 bits per heavy atom. The summed E-state index contributed by atoms with van der Waals surface area (Å²) in [6.45, 7) is 0.398. The standard InChI is InChI=1S/C21H16IN5O/c22-19-18-9-15(16-4-2-8-24-12-16)5-6-17(18)13-25-20(19)27-21(28)26-11-14-3-1-7-23-10-14/h1-10,12-13H,11H2,(H2,25,26,27,28). The van der Waals surface area contributed by atoms with E-state index in [0.717, 1.165) is 31.0 Å². The number of hydrogen-bond donors (Lipinski definition) is 2. The van der Waals surface area contributed by atoms with E-state index in [1.54, 1.807) is 24.8 Å². The Morgan fingerprint density at radius 3 is 2.54 bits per heavy atom. The van der Waals surface area contributed by atoms with E-state index in [1.165, 1.54) is 0 Å². The summed E-state index contributed by atoms with van der Waals surface area (Å²) in [5.74, 6) is 0.528. The van der Waals surface area contributed by atoms with Gasteiger partial charge < -0.3 is 5.32 Å². The van der Waals surface area contributed by atoms with Gasteiger partial charge in [0.1, 0.15) is 5.82 Å². The van der Waals surface area contributed by atoms with Gasteiger partial charge >= 0.3 is 6.03 Å². The van der Waals surface area contributed by atoms with Gasteiger partial charge in [-0.1, -0.05) is 24.3 Å². The van der Waals surface area contributed by atoms with Gasteiger partial charge in [0.2, 0.25) is 0 Å². The van der Waals surface area contributed by atoms with E-state index in [2.05, 4.69) is 54.2 Å². The Labute approximate surface area is 175 Å². The number of halogens is 1. The molecule has 0 fully saturated rings. The molecule has 3 heterocycles. The summed E-state index contributed by atoms with van der Waals surface area (Å²) in [6, 6.07) is 13.5. The zero-order chi connectivity index (χ0) is 19.3. The van der Waals surface area contributed by atoms with Gasteiger partial charge in [-0.2, -0.15) is 0 Å². The maximum absolute atomic E-state index is 12.3. The van der Waals surface area contributed by atoms with Crippen molar-refractivity contribution < 1.29 is 4.79 Å². The third-order valence-corrected chi connectivity index (χ3v) is 5.33. The molecule has 28 heavy (non-hydrogen) atoms. The summed E-state index contributed by atoms with van der Waals surface area (Å²) in [7, 11) is 0. The number of carbonyl (C=O) groups is 1. The Morgan fingerprint density at radius 2 is 1.79 bits per heavy atom. The molecule has 4 aromatic rings. The SMILES string of the molecule is O=C(NCc1cccnc1)Nc1ncc2ccc(-c3cccnc3)cc2c1I. The summed E-state index contributed by atoms with van der Waals surface area (Å²) < 4.78 is 0.886. The van der Waals surface area contributed by atoms with Crippen LogP contribution in [0.2, 0.25) is 0 Å². The average molecular weight is 481 g/mol. The third-order valence-electron chi connectivity index (χ3n) is 4.23. The molecule has 0 aliphatic rings. The van der Waals surface area contributed by atoms with Gasteiger partial charge in [-0.15, -0.1) is 0 Å². The van der Waals surface area contributed by atoms with Crippen LogP contribution >= 0.6 is 22.6 Å². The Hall–Kier alpha value is -3.07. The number of nitrogens with zero attached hydrogens (tertiary/aromatic N) is 3. The molecule has 0 bridgehead atoms. The highest BCUT2D eigenvalue weighted by Crippen LogP contribution is 2.30. The predicted octanol–water partition coefficient (Wildman–Crippen LogP) is 4.62. The first-order valence-corrected chi connectivity index (χ1v) is 9.71. The van der Waals surface area contributed by atoms with Crippen LogP contribution < -0.4 is 10.6 Å². The minimum absolute atomic E-state index is 0.308. The van der Waals surface area contributed by atoms with Crippen LogP contribution in [0.5, 0.6) is 0 Å². The van der Waals surface area contributed by atoms with Crippen molar-refractivity contribution in [2.24, 2.45) is 0 Å². The second kappa shape index (κ2) is 8.30. The lowest BCUT2D eigenvalue weighted by atomic mass is 10.0. The first-order valence-electron chi connectivity index (χ1n) is 8.63. The summed E-state index contributed by atoms with van der Waals surface area (Å²) in [5.41, 5.74) is 3.04. The molecule has 0 aliphatic carbocycles. The van der Waals surface area contributed by atoms with Crippen LogP contribution in [-0.2, 0) is 6.54 Å². The van der Waals surface area contributed by atoms with Gasteiger partial charge in [-0.3, -0.25) is 15.3 Å². The van der Waals surface area contributed by atoms with Gasteiger partial charge in [0.25, 0.3) is 0 Å². The maximum atomic E-state index is 12.3. The van der Waals surface area contributed by atoms with Crippen molar-refractivity contribution >= 4 is 45.2 Å². The molecule has 4 rings (SSSR count). The number of anilines is 1. The van der Waals surface area contributed by atoms with Gasteiger partial charge in [0.05, 0.1) is 3.57 Å². The number of nitrogens with one attached hydrogen (secondary N) is 2. The highest BCUT2D eigenvalue weighted by atomic mass is 127. The topological polar surface area (TPSA) is 79.8 Å². The van der Waals surface area contributed by atoms with E-state index in [4.69, 9.17) is 0 Å². The first kappa shape index (κ1) is 18.3. The quantitative estimate of drug-likeness (QED) is 0.417. The van der Waals surface area contributed by atoms with Crippen molar-refractivity contribution in [1.82, 2.24) is 20.3 Å². The van der Waals surface area contributed by atoms with Gasteiger partial charge in [-0.05, 0) is 51.9 Å². The van der Waals surface area contributed by atoms with Crippen molar-refractivity contribution in [3.8, 4) is 11.1 Å². The van der Waals surface area contributed by atoms with Crippen molar-refractivity contribution in [3.63, 3.8) is 0 Å². The number of pyridine rings is 3. The molecule has 0 saturated carbocycles. The zero-order valence-electron chi connectivity index (χ0n) is 14.8. The number of hydrogen-bond acceptors (Lipinski definition) is 4. The molecule has 3 aromatic heterocycles. The molecule has 0 unspecified atom stereocenters. The molecule has 138 valence electrons. The largest absolute Gasteiger partial charge is 0.334 e. The molecule has 1 aromatic carbocycles. The molecule has 2 amide bonds. The fourth-order valence-corrected chi connectivity index (χ4v) is 3.56. The lowest BCUT2D eigenvalue weighted by molar-refractivity contribution is 0.251.